The summed E-state index contributed by atoms with van der Waals surface area (Å²) in [5.74, 6) is -0.444. The molecule has 2 aromatic carbocycles. The minimum absolute atomic E-state index is 0.0885. The van der Waals surface area contributed by atoms with Crippen LogP contribution >= 0.6 is 23.2 Å². The molecule has 110 valence electrons. The molecule has 2 aromatic rings. The molecule has 0 spiro atoms. The predicted octanol–water partition coefficient (Wildman–Crippen LogP) is 2.89. The zero-order valence-electron chi connectivity index (χ0n) is 10.5. The average Bonchev–Trinajstić information content (AvgIpc) is 2.41. The first-order chi connectivity index (χ1) is 9.77. The smallest absolute Gasteiger partial charge is 0.255 e. The number of amides is 1. The number of nitrogens with two attached hydrogens (primary N) is 1. The van der Waals surface area contributed by atoms with E-state index in [-0.39, 0.29) is 9.92 Å². The van der Waals surface area contributed by atoms with Gasteiger partial charge in [-0.15, -0.1) is 0 Å². The van der Waals surface area contributed by atoms with Crippen LogP contribution in [0.1, 0.15) is 10.4 Å². The lowest BCUT2D eigenvalue weighted by Crippen LogP contribution is -2.14. The third-order valence-corrected chi connectivity index (χ3v) is 4.25. The normalized spacial score (nSPS) is 11.2. The minimum atomic E-state index is -3.83. The van der Waals surface area contributed by atoms with Crippen molar-refractivity contribution in [3.8, 4) is 0 Å². The number of anilines is 1. The van der Waals surface area contributed by atoms with Gasteiger partial charge in [0.2, 0.25) is 10.0 Å². The molecular formula is C13H10Cl2N2O3S. The molecular weight excluding hydrogens is 335 g/mol. The van der Waals surface area contributed by atoms with E-state index < -0.39 is 15.9 Å². The molecule has 8 heteroatoms. The highest BCUT2D eigenvalue weighted by molar-refractivity contribution is 7.89. The Bertz CT molecular complexity index is 807. The van der Waals surface area contributed by atoms with Gasteiger partial charge in [-0.25, -0.2) is 13.6 Å². The standard InChI is InChI=1S/C13H10Cl2N2O3S/c14-11-5-4-8(6-12(11)15)13(18)17-9-2-1-3-10(7-9)21(16,19)20/h1-7H,(H,17,18)(H2,16,19,20). The molecule has 0 bridgehead atoms. The van der Waals surface area contributed by atoms with Gasteiger partial charge in [0.15, 0.2) is 0 Å². The maximum absolute atomic E-state index is 12.0. The summed E-state index contributed by atoms with van der Waals surface area (Å²) in [5.41, 5.74) is 0.600. The number of primary sulfonamides is 1. The van der Waals surface area contributed by atoms with Crippen molar-refractivity contribution in [2.24, 2.45) is 5.14 Å². The lowest BCUT2D eigenvalue weighted by molar-refractivity contribution is 0.102. The van der Waals surface area contributed by atoms with Crippen molar-refractivity contribution in [1.29, 1.82) is 0 Å². The van der Waals surface area contributed by atoms with E-state index in [1.807, 2.05) is 0 Å². The molecule has 3 N–H and O–H groups in total. The Labute approximate surface area is 131 Å². The maximum Gasteiger partial charge on any atom is 0.255 e. The molecule has 0 radical (unpaired) electrons. The van der Waals surface area contributed by atoms with Gasteiger partial charge in [0, 0.05) is 11.3 Å². The van der Waals surface area contributed by atoms with Crippen LogP contribution in [-0.4, -0.2) is 14.3 Å². The van der Waals surface area contributed by atoms with Crippen LogP contribution in [0, 0.1) is 0 Å². The summed E-state index contributed by atoms with van der Waals surface area (Å²) in [4.78, 5) is 12.0. The first kappa shape index (κ1) is 15.8. The Morgan fingerprint density at radius 3 is 2.38 bits per heavy atom. The van der Waals surface area contributed by atoms with Crippen molar-refractivity contribution in [2.45, 2.75) is 4.90 Å². The second-order valence-corrected chi connectivity index (χ2v) is 6.53. The third kappa shape index (κ3) is 3.95. The van der Waals surface area contributed by atoms with Crippen LogP contribution < -0.4 is 10.5 Å². The summed E-state index contributed by atoms with van der Waals surface area (Å²) in [5, 5.41) is 8.18. The van der Waals surface area contributed by atoms with Crippen molar-refractivity contribution >= 4 is 44.8 Å². The maximum atomic E-state index is 12.0. The van der Waals surface area contributed by atoms with Crippen LogP contribution in [0.5, 0.6) is 0 Å². The number of hydrogen-bond donors (Lipinski definition) is 2. The summed E-state index contributed by atoms with van der Waals surface area (Å²) in [7, 11) is -3.83. The van der Waals surface area contributed by atoms with Crippen molar-refractivity contribution in [3.05, 3.63) is 58.1 Å². The predicted molar refractivity (Wildman–Crippen MR) is 82.2 cm³/mol. The van der Waals surface area contributed by atoms with Gasteiger partial charge >= 0.3 is 0 Å². The summed E-state index contributed by atoms with van der Waals surface area (Å²) < 4.78 is 22.5. The van der Waals surface area contributed by atoms with Gasteiger partial charge in [0.05, 0.1) is 14.9 Å². The first-order valence-corrected chi connectivity index (χ1v) is 7.97. The number of sulfonamides is 1. The number of carbonyl (C=O) groups is 1. The molecule has 0 aliphatic rings. The molecule has 2 rings (SSSR count). The fourth-order valence-electron chi connectivity index (χ4n) is 1.59. The van der Waals surface area contributed by atoms with E-state index in [1.165, 1.54) is 36.4 Å². The van der Waals surface area contributed by atoms with E-state index >= 15 is 0 Å². The summed E-state index contributed by atoms with van der Waals surface area (Å²) in [6.45, 7) is 0. The van der Waals surface area contributed by atoms with Gasteiger partial charge in [-0.2, -0.15) is 0 Å². The Hall–Kier alpha value is -1.60. The number of hydrogen-bond acceptors (Lipinski definition) is 3. The molecule has 0 fully saturated rings. The molecule has 0 aliphatic heterocycles. The first-order valence-electron chi connectivity index (χ1n) is 5.66. The van der Waals surface area contributed by atoms with Gasteiger partial charge in [0.1, 0.15) is 0 Å². The minimum Gasteiger partial charge on any atom is -0.322 e. The number of carbonyl (C=O) groups excluding carboxylic acids is 1. The highest BCUT2D eigenvalue weighted by atomic mass is 35.5. The number of rotatable bonds is 3. The molecule has 0 aromatic heterocycles. The van der Waals surface area contributed by atoms with Crippen LogP contribution in [0.15, 0.2) is 47.4 Å². The largest absolute Gasteiger partial charge is 0.322 e. The van der Waals surface area contributed by atoms with Gasteiger partial charge in [0.25, 0.3) is 5.91 Å². The zero-order valence-corrected chi connectivity index (χ0v) is 12.8. The fourth-order valence-corrected chi connectivity index (χ4v) is 2.45. The topological polar surface area (TPSA) is 89.3 Å². The molecule has 0 aliphatic carbocycles. The molecule has 0 unspecified atom stereocenters. The lowest BCUT2D eigenvalue weighted by atomic mass is 10.2. The molecule has 21 heavy (non-hydrogen) atoms. The Kier molecular flexibility index (Phi) is 4.53. The lowest BCUT2D eigenvalue weighted by Gasteiger charge is -2.07. The summed E-state index contributed by atoms with van der Waals surface area (Å²) in [6, 6.07) is 10.1. The number of nitrogens with one attached hydrogen (secondary N) is 1. The van der Waals surface area contributed by atoms with E-state index in [1.54, 1.807) is 6.07 Å². The number of halogens is 2. The highest BCUT2D eigenvalue weighted by Crippen LogP contribution is 2.23. The SMILES string of the molecule is NS(=O)(=O)c1cccc(NC(=O)c2ccc(Cl)c(Cl)c2)c1. The Morgan fingerprint density at radius 2 is 1.76 bits per heavy atom. The van der Waals surface area contributed by atoms with Crippen molar-refractivity contribution < 1.29 is 13.2 Å². The van der Waals surface area contributed by atoms with E-state index in [0.717, 1.165) is 0 Å². The van der Waals surface area contributed by atoms with Crippen molar-refractivity contribution in [1.82, 2.24) is 0 Å². The van der Waals surface area contributed by atoms with E-state index in [9.17, 15) is 13.2 Å². The van der Waals surface area contributed by atoms with Gasteiger partial charge in [-0.3, -0.25) is 4.79 Å². The third-order valence-electron chi connectivity index (χ3n) is 2.60. The van der Waals surface area contributed by atoms with Crippen LogP contribution in [0.25, 0.3) is 0 Å². The van der Waals surface area contributed by atoms with Gasteiger partial charge < -0.3 is 5.32 Å². The van der Waals surface area contributed by atoms with Crippen molar-refractivity contribution in [3.63, 3.8) is 0 Å². The second kappa shape index (κ2) is 6.03. The van der Waals surface area contributed by atoms with Crippen LogP contribution in [0.2, 0.25) is 10.0 Å². The number of benzene rings is 2. The summed E-state index contributed by atoms with van der Waals surface area (Å²) in [6.07, 6.45) is 0. The van der Waals surface area contributed by atoms with E-state index in [0.29, 0.717) is 16.3 Å². The second-order valence-electron chi connectivity index (χ2n) is 4.16. The zero-order chi connectivity index (χ0) is 15.6. The van der Waals surface area contributed by atoms with Crippen LogP contribution in [-0.2, 0) is 10.0 Å². The van der Waals surface area contributed by atoms with Crippen molar-refractivity contribution in [2.75, 3.05) is 5.32 Å². The molecule has 5 nitrogen and oxygen atoms in total. The van der Waals surface area contributed by atoms with Gasteiger partial charge in [-0.1, -0.05) is 29.3 Å². The highest BCUT2D eigenvalue weighted by Gasteiger charge is 2.11. The molecule has 0 saturated heterocycles. The van der Waals surface area contributed by atoms with Gasteiger partial charge in [-0.05, 0) is 36.4 Å². The monoisotopic (exact) mass is 344 g/mol. The van der Waals surface area contributed by atoms with E-state index in [4.69, 9.17) is 28.3 Å². The van der Waals surface area contributed by atoms with Crippen LogP contribution in [0.3, 0.4) is 0 Å². The average molecular weight is 345 g/mol. The van der Waals surface area contributed by atoms with Crippen LogP contribution in [0.4, 0.5) is 5.69 Å². The Balaban J connectivity index is 2.25. The Morgan fingerprint density at radius 1 is 1.05 bits per heavy atom. The molecule has 1 amide bonds. The quantitative estimate of drug-likeness (QED) is 0.896. The van der Waals surface area contributed by atoms with E-state index in [2.05, 4.69) is 5.32 Å². The summed E-state index contributed by atoms with van der Waals surface area (Å²) >= 11 is 11.6. The molecule has 0 atom stereocenters. The molecule has 0 heterocycles. The molecule has 0 saturated carbocycles. The fraction of sp³-hybridized carbons (Fsp3) is 0.